The van der Waals surface area contributed by atoms with E-state index in [4.69, 9.17) is 19.1 Å². The molecular weight excluding hydrogens is 792 g/mol. The third-order valence-electron chi connectivity index (χ3n) is 9.66. The van der Waals surface area contributed by atoms with Gasteiger partial charge in [0.1, 0.15) is 12.1 Å². The first-order valence-electron chi connectivity index (χ1n) is 16.7. The smallest absolute Gasteiger partial charge is 0.503 e. The van der Waals surface area contributed by atoms with Crippen molar-refractivity contribution >= 4 is 38.7 Å². The van der Waals surface area contributed by atoms with E-state index in [-0.39, 0.29) is 26.5 Å². The maximum absolute atomic E-state index is 6.66. The molecule has 0 amide bonds. The molecule has 0 aliphatic heterocycles. The van der Waals surface area contributed by atoms with Gasteiger partial charge in [-0.2, -0.15) is 6.07 Å². The number of benzene rings is 3. The van der Waals surface area contributed by atoms with Crippen LogP contribution >= 0.6 is 0 Å². The zero-order valence-electron chi connectivity index (χ0n) is 27.5. The van der Waals surface area contributed by atoms with E-state index in [0.29, 0.717) is 28.8 Å². The number of pyridine rings is 2. The summed E-state index contributed by atoms with van der Waals surface area (Å²) >= 11 is 0. The number of ether oxygens (including phenoxy) is 1. The quantitative estimate of drug-likeness (QED) is 0.161. The Bertz CT molecular complexity index is 2480. The fraction of sp³-hybridized carbons (Fsp3) is 0.250. The summed E-state index contributed by atoms with van der Waals surface area (Å²) in [5, 5.41) is 10.3. The Morgan fingerprint density at radius 1 is 0.857 bits per heavy atom. The zero-order valence-corrected chi connectivity index (χ0v) is 29.8. The van der Waals surface area contributed by atoms with Crippen LogP contribution in [0.2, 0.25) is 0 Å². The first kappa shape index (κ1) is 31.5. The van der Waals surface area contributed by atoms with Crippen molar-refractivity contribution in [3.63, 3.8) is 0 Å². The van der Waals surface area contributed by atoms with E-state index < -0.39 is 0 Å². The third kappa shape index (κ3) is 5.62. The third-order valence-corrected chi connectivity index (χ3v) is 9.66. The number of para-hydroxylation sites is 1. The number of oxazole rings is 1. The SMILES string of the molecule is CC(C)(C)c1ccnc(-n2c3[c-]c(Oc4[c-]c(-c5cc6c(cn5)oc5nncn56)cc(C5CCCCC5)c4)ccc3c3ccccc32)c1.[Pt+2]. The van der Waals surface area contributed by atoms with Crippen molar-refractivity contribution in [2.45, 2.75) is 64.2 Å². The van der Waals surface area contributed by atoms with Crippen LogP contribution in [0.3, 0.4) is 0 Å². The normalized spacial score (nSPS) is 14.2. The molecule has 49 heavy (non-hydrogen) atoms. The molecule has 246 valence electrons. The zero-order chi connectivity index (χ0) is 32.4. The minimum Gasteiger partial charge on any atom is -0.503 e. The van der Waals surface area contributed by atoms with Gasteiger partial charge in [-0.15, -0.1) is 39.8 Å². The fourth-order valence-electron chi connectivity index (χ4n) is 7.13. The van der Waals surface area contributed by atoms with Crippen LogP contribution in [-0.4, -0.2) is 29.1 Å². The maximum Gasteiger partial charge on any atom is 2.00 e. The number of aromatic nitrogens is 6. The maximum atomic E-state index is 6.66. The van der Waals surface area contributed by atoms with Crippen molar-refractivity contribution in [2.75, 3.05) is 0 Å². The Morgan fingerprint density at radius 3 is 2.57 bits per heavy atom. The van der Waals surface area contributed by atoms with Crippen molar-refractivity contribution in [3.05, 3.63) is 109 Å². The summed E-state index contributed by atoms with van der Waals surface area (Å²) in [6.45, 7) is 6.67. The predicted molar refractivity (Wildman–Crippen MR) is 187 cm³/mol. The van der Waals surface area contributed by atoms with E-state index >= 15 is 0 Å². The summed E-state index contributed by atoms with van der Waals surface area (Å²) in [5.74, 6) is 3.02. The molecule has 1 fully saturated rings. The van der Waals surface area contributed by atoms with Crippen molar-refractivity contribution < 1.29 is 30.2 Å². The van der Waals surface area contributed by atoms with Crippen molar-refractivity contribution in [2.24, 2.45) is 0 Å². The number of hydrogen-bond acceptors (Lipinski definition) is 6. The molecule has 0 N–H and O–H groups in total. The Kier molecular flexibility index (Phi) is 7.87. The molecule has 0 radical (unpaired) electrons. The predicted octanol–water partition coefficient (Wildman–Crippen LogP) is 9.76. The molecule has 0 saturated heterocycles. The van der Waals surface area contributed by atoms with Crippen molar-refractivity contribution in [1.82, 2.24) is 29.1 Å². The molecule has 1 aliphatic carbocycles. The number of fused-ring (bicyclic) bond motifs is 6. The van der Waals surface area contributed by atoms with E-state index in [0.717, 1.165) is 57.2 Å². The second-order valence-corrected chi connectivity index (χ2v) is 13.8. The minimum atomic E-state index is -0.00994. The molecule has 5 aromatic heterocycles. The summed E-state index contributed by atoms with van der Waals surface area (Å²) < 4.78 is 16.5. The van der Waals surface area contributed by atoms with Crippen LogP contribution in [0.1, 0.15) is 69.9 Å². The number of rotatable bonds is 5. The number of hydrogen-bond donors (Lipinski definition) is 0. The molecular formula is C40H34N6O2Pt. The molecule has 0 unspecified atom stereocenters. The Hall–Kier alpha value is -4.81. The van der Waals surface area contributed by atoms with Crippen LogP contribution in [0.4, 0.5) is 0 Å². The Balaban J connectivity index is 0.00000348. The monoisotopic (exact) mass is 825 g/mol. The van der Waals surface area contributed by atoms with Gasteiger partial charge < -0.3 is 18.7 Å². The summed E-state index contributed by atoms with van der Waals surface area (Å²) in [6.07, 6.45) is 11.4. The van der Waals surface area contributed by atoms with Gasteiger partial charge in [-0.05, 0) is 59.0 Å². The second-order valence-electron chi connectivity index (χ2n) is 13.8. The molecule has 3 aromatic carbocycles. The van der Waals surface area contributed by atoms with Crippen molar-refractivity contribution in [1.29, 1.82) is 0 Å². The molecule has 1 aliphatic rings. The summed E-state index contributed by atoms with van der Waals surface area (Å²) in [6, 6.07) is 30.4. The summed E-state index contributed by atoms with van der Waals surface area (Å²) in [4.78, 5) is 9.58. The molecule has 8 aromatic rings. The standard InChI is InChI=1S/C40H34N6O2.Pt/c1-40(2,3)28-15-16-41-38(20-28)46-34-12-8-7-11-31(34)32-14-13-29(21-35(32)46)47-30-18-26(25-9-5-4-6-10-25)17-27(19-30)33-22-36-37(23-42-33)48-39-44-43-24-45(36)39;/h7-8,11-18,20,22-25H,4-6,9-10H2,1-3H3;/q-2;+2. The van der Waals surface area contributed by atoms with E-state index in [2.05, 4.69) is 102 Å². The molecule has 5 heterocycles. The van der Waals surface area contributed by atoms with Gasteiger partial charge in [0.25, 0.3) is 0 Å². The molecule has 0 bridgehead atoms. The molecule has 8 nitrogen and oxygen atoms in total. The molecule has 9 heteroatoms. The number of nitrogens with zero attached hydrogens (tertiary/aromatic N) is 6. The van der Waals surface area contributed by atoms with Gasteiger partial charge in [0, 0.05) is 23.2 Å². The van der Waals surface area contributed by atoms with Gasteiger partial charge in [-0.1, -0.05) is 87.0 Å². The van der Waals surface area contributed by atoms with Crippen LogP contribution < -0.4 is 4.74 Å². The molecule has 9 rings (SSSR count). The van der Waals surface area contributed by atoms with Gasteiger partial charge in [-0.25, -0.2) is 9.38 Å². The van der Waals surface area contributed by atoms with Gasteiger partial charge in [0.05, 0.1) is 11.7 Å². The summed E-state index contributed by atoms with van der Waals surface area (Å²) in [5.41, 5.74) is 7.63. The van der Waals surface area contributed by atoms with Crippen LogP contribution in [0, 0.1) is 12.1 Å². The Labute approximate surface area is 298 Å². The molecule has 0 atom stereocenters. The van der Waals surface area contributed by atoms with Gasteiger partial charge in [0.2, 0.25) is 0 Å². The van der Waals surface area contributed by atoms with E-state index in [1.165, 1.54) is 30.4 Å². The topological polar surface area (TPSA) is 83.3 Å². The average molecular weight is 826 g/mol. The average Bonchev–Trinajstić information content (AvgIpc) is 3.80. The first-order valence-corrected chi connectivity index (χ1v) is 16.7. The van der Waals surface area contributed by atoms with E-state index in [1.54, 1.807) is 12.5 Å². The summed E-state index contributed by atoms with van der Waals surface area (Å²) in [7, 11) is 0. The molecule has 1 saturated carbocycles. The van der Waals surface area contributed by atoms with E-state index in [1.807, 2.05) is 22.7 Å². The Morgan fingerprint density at radius 2 is 1.71 bits per heavy atom. The van der Waals surface area contributed by atoms with Crippen LogP contribution in [0.25, 0.3) is 55.8 Å². The molecule has 0 spiro atoms. The van der Waals surface area contributed by atoms with Gasteiger partial charge in [0.15, 0.2) is 5.58 Å². The fourth-order valence-corrected chi connectivity index (χ4v) is 7.13. The van der Waals surface area contributed by atoms with Crippen molar-refractivity contribution in [3.8, 4) is 28.6 Å². The second kappa shape index (κ2) is 12.3. The minimum absolute atomic E-state index is 0. The van der Waals surface area contributed by atoms with Crippen LogP contribution in [0.15, 0.2) is 89.9 Å². The van der Waals surface area contributed by atoms with E-state index in [9.17, 15) is 0 Å². The van der Waals surface area contributed by atoms with Crippen LogP contribution in [0.5, 0.6) is 11.5 Å². The van der Waals surface area contributed by atoms with Gasteiger partial charge >= 0.3 is 26.9 Å². The van der Waals surface area contributed by atoms with Crippen LogP contribution in [-0.2, 0) is 26.5 Å². The van der Waals surface area contributed by atoms with Gasteiger partial charge in [-0.3, -0.25) is 0 Å². The largest absolute Gasteiger partial charge is 2.00 e. The first-order chi connectivity index (χ1) is 23.4.